The van der Waals surface area contributed by atoms with Crippen molar-refractivity contribution >= 4 is 13.5 Å². The van der Waals surface area contributed by atoms with E-state index in [4.69, 9.17) is 4.74 Å². The molecule has 8 heteroatoms. The highest BCUT2D eigenvalue weighted by atomic mass is 31.2. The van der Waals surface area contributed by atoms with Crippen molar-refractivity contribution in [1.29, 1.82) is 0 Å². The Bertz CT molecular complexity index is 795. The molecule has 0 aliphatic carbocycles. The molecule has 0 fully saturated rings. The molecule has 7 nitrogen and oxygen atoms in total. The van der Waals surface area contributed by atoms with Crippen molar-refractivity contribution in [1.82, 2.24) is 5.32 Å². The lowest BCUT2D eigenvalue weighted by Crippen LogP contribution is -2.46. The van der Waals surface area contributed by atoms with Gasteiger partial charge in [-0.25, -0.2) is 0 Å². The third kappa shape index (κ3) is 20.2. The Hall–Kier alpha value is -1.40. The number of unbranched alkanes of at least 4 members (excludes halogenated alkanes) is 12. The number of hydrogen-bond acceptors (Lipinski definition) is 4. The van der Waals surface area contributed by atoms with Gasteiger partial charge in [-0.15, -0.1) is 0 Å². The van der Waals surface area contributed by atoms with Crippen molar-refractivity contribution in [3.63, 3.8) is 0 Å². The summed E-state index contributed by atoms with van der Waals surface area (Å²) in [6.07, 6.45) is 15.6. The molecule has 0 aliphatic heterocycles. The van der Waals surface area contributed by atoms with Gasteiger partial charge >= 0.3 is 7.60 Å². The van der Waals surface area contributed by atoms with E-state index in [1.165, 1.54) is 64.2 Å². The fraction of sp³-hybridized carbons (Fsp3) is 0.774. The van der Waals surface area contributed by atoms with Crippen LogP contribution in [0.1, 0.15) is 123 Å². The average Bonchev–Trinajstić information content (AvgIpc) is 2.86. The second-order valence-corrected chi connectivity index (χ2v) is 13.2. The summed E-state index contributed by atoms with van der Waals surface area (Å²) in [5.41, 5.74) is 0.849. The molecule has 1 aromatic rings. The van der Waals surface area contributed by atoms with Crippen molar-refractivity contribution in [2.75, 3.05) is 12.8 Å². The lowest BCUT2D eigenvalue weighted by Gasteiger charge is -2.25. The zero-order valence-electron chi connectivity index (χ0n) is 24.8. The van der Waals surface area contributed by atoms with Crippen LogP contribution in [0.5, 0.6) is 5.75 Å². The number of carbonyl (C=O) groups excluding carboxylic acids is 1. The molecule has 39 heavy (non-hydrogen) atoms. The summed E-state index contributed by atoms with van der Waals surface area (Å²) in [6.45, 7) is 7.16. The quantitative estimate of drug-likeness (QED) is 0.0775. The zero-order valence-corrected chi connectivity index (χ0v) is 25.7. The Balaban J connectivity index is 2.38. The summed E-state index contributed by atoms with van der Waals surface area (Å²) in [6, 6.07) is 6.63. The van der Waals surface area contributed by atoms with E-state index in [0.717, 1.165) is 37.0 Å². The van der Waals surface area contributed by atoms with Crippen LogP contribution < -0.4 is 10.1 Å². The van der Waals surface area contributed by atoms with Crippen LogP contribution in [0.2, 0.25) is 0 Å². The number of amides is 1. The Morgan fingerprint density at radius 2 is 1.38 bits per heavy atom. The predicted octanol–water partition coefficient (Wildman–Crippen LogP) is 7.16. The van der Waals surface area contributed by atoms with Crippen LogP contribution in [0, 0.1) is 5.92 Å². The number of ether oxygens (including phenoxy) is 1. The van der Waals surface area contributed by atoms with Crippen molar-refractivity contribution in [3.05, 3.63) is 29.8 Å². The van der Waals surface area contributed by atoms with E-state index in [0.29, 0.717) is 18.9 Å². The highest BCUT2D eigenvalue weighted by Crippen LogP contribution is 2.35. The van der Waals surface area contributed by atoms with Crippen LogP contribution >= 0.6 is 7.60 Å². The van der Waals surface area contributed by atoms with Gasteiger partial charge in [0.25, 0.3) is 0 Å². The number of benzene rings is 1. The van der Waals surface area contributed by atoms with E-state index in [1.54, 1.807) is 0 Å². The van der Waals surface area contributed by atoms with Crippen molar-refractivity contribution in [3.8, 4) is 5.75 Å². The lowest BCUT2D eigenvalue weighted by atomic mass is 10.0. The third-order valence-electron chi connectivity index (χ3n) is 7.09. The van der Waals surface area contributed by atoms with Gasteiger partial charge in [0, 0.05) is 6.42 Å². The molecular formula is C31H56NO6P. The van der Waals surface area contributed by atoms with E-state index in [-0.39, 0.29) is 12.3 Å². The van der Waals surface area contributed by atoms with Gasteiger partial charge in [0.1, 0.15) is 5.75 Å². The Morgan fingerprint density at radius 1 is 0.872 bits per heavy atom. The van der Waals surface area contributed by atoms with Crippen LogP contribution in [-0.2, 0) is 15.8 Å². The zero-order chi connectivity index (χ0) is 28.9. The number of aliphatic hydroxyl groups excluding tert-OH is 1. The molecule has 0 heterocycles. The second-order valence-electron chi connectivity index (χ2n) is 11.5. The maximum Gasteiger partial charge on any atom is 0.328 e. The summed E-state index contributed by atoms with van der Waals surface area (Å²) in [4.78, 5) is 31.3. The van der Waals surface area contributed by atoms with E-state index < -0.39 is 25.9 Å². The molecule has 0 radical (unpaired) electrons. The summed E-state index contributed by atoms with van der Waals surface area (Å²) in [7, 11) is -4.42. The first-order chi connectivity index (χ1) is 18.6. The van der Waals surface area contributed by atoms with Crippen LogP contribution in [-0.4, -0.2) is 45.7 Å². The molecule has 4 N–H and O–H groups in total. The summed E-state index contributed by atoms with van der Waals surface area (Å²) < 4.78 is 17.2. The first kappa shape index (κ1) is 35.6. The molecule has 0 aromatic heterocycles. The molecule has 2 atom stereocenters. The third-order valence-corrected chi connectivity index (χ3v) is 7.94. The highest BCUT2D eigenvalue weighted by Gasteiger charge is 2.28. The number of rotatable bonds is 24. The number of hydrogen-bond donors (Lipinski definition) is 4. The number of carbonyl (C=O) groups is 1. The van der Waals surface area contributed by atoms with Gasteiger partial charge < -0.3 is 24.9 Å². The molecule has 1 unspecified atom stereocenters. The Kier molecular flexibility index (Phi) is 19.5. The molecule has 0 saturated carbocycles. The van der Waals surface area contributed by atoms with Crippen LogP contribution in [0.25, 0.3) is 0 Å². The molecule has 1 aromatic carbocycles. The minimum Gasteiger partial charge on any atom is -0.494 e. The Labute approximate surface area is 237 Å². The maximum atomic E-state index is 12.6. The molecule has 0 aliphatic rings. The van der Waals surface area contributed by atoms with Gasteiger partial charge in [-0.05, 0) is 42.9 Å². The van der Waals surface area contributed by atoms with Crippen molar-refractivity contribution in [2.45, 2.75) is 136 Å². The summed E-state index contributed by atoms with van der Waals surface area (Å²) in [5.74, 6) is 1.11. The molecule has 1 rings (SSSR count). The van der Waals surface area contributed by atoms with E-state index in [9.17, 15) is 24.3 Å². The minimum atomic E-state index is -4.42. The monoisotopic (exact) mass is 569 g/mol. The predicted molar refractivity (Wildman–Crippen MR) is 160 cm³/mol. The molecule has 0 bridgehead atoms. The van der Waals surface area contributed by atoms with Crippen LogP contribution in [0.15, 0.2) is 24.3 Å². The second kappa shape index (κ2) is 21.4. The van der Waals surface area contributed by atoms with Gasteiger partial charge in [0.15, 0.2) is 0 Å². The van der Waals surface area contributed by atoms with E-state index >= 15 is 0 Å². The summed E-state index contributed by atoms with van der Waals surface area (Å²) in [5, 5.41) is 13.4. The number of aliphatic hydroxyl groups is 1. The smallest absolute Gasteiger partial charge is 0.328 e. The molecular weight excluding hydrogens is 513 g/mol. The van der Waals surface area contributed by atoms with Gasteiger partial charge in [-0.3, -0.25) is 9.36 Å². The molecule has 1 amide bonds. The van der Waals surface area contributed by atoms with Gasteiger partial charge in [-0.2, -0.15) is 0 Å². The van der Waals surface area contributed by atoms with Crippen LogP contribution in [0.4, 0.5) is 0 Å². The van der Waals surface area contributed by atoms with Gasteiger partial charge in [0.2, 0.25) is 5.91 Å². The number of nitrogens with one attached hydrogen (secondary N) is 1. The largest absolute Gasteiger partial charge is 0.494 e. The molecule has 226 valence electrons. The normalized spacial score (nSPS) is 13.4. The molecule has 0 saturated heterocycles. The summed E-state index contributed by atoms with van der Waals surface area (Å²) >= 11 is 0. The SMILES string of the molecule is CCCCCCCCCCCCCCCC(=O)N[C@@H](Cc1ccc(OCCC(C)C)cc1)C(O)CP(=O)(O)O. The van der Waals surface area contributed by atoms with Gasteiger partial charge in [0.05, 0.1) is 24.9 Å². The first-order valence-corrected chi connectivity index (χ1v) is 17.1. The standard InChI is InChI=1S/C31H56NO6P/c1-4-5-6-7-8-9-10-11-12-13-14-15-16-17-31(34)32-29(30(33)25-39(35,36)37)24-27-18-20-28(21-19-27)38-23-22-26(2)3/h18-21,26,29-30,33H,4-17,22-25H2,1-3H3,(H,32,34)(H2,35,36,37)/t29-,30?/m0/s1. The van der Waals surface area contributed by atoms with Crippen LogP contribution in [0.3, 0.4) is 0 Å². The first-order valence-electron chi connectivity index (χ1n) is 15.3. The van der Waals surface area contributed by atoms with E-state index in [2.05, 4.69) is 26.1 Å². The fourth-order valence-electron chi connectivity index (χ4n) is 4.62. The van der Waals surface area contributed by atoms with E-state index in [1.807, 2.05) is 24.3 Å². The minimum absolute atomic E-state index is 0.193. The highest BCUT2D eigenvalue weighted by molar-refractivity contribution is 7.51. The van der Waals surface area contributed by atoms with Crippen molar-refractivity contribution in [2.24, 2.45) is 5.92 Å². The fourth-order valence-corrected chi connectivity index (χ4v) is 5.37. The molecule has 0 spiro atoms. The lowest BCUT2D eigenvalue weighted by molar-refractivity contribution is -0.122. The Morgan fingerprint density at radius 3 is 1.87 bits per heavy atom. The average molecular weight is 570 g/mol. The maximum absolute atomic E-state index is 12.6. The van der Waals surface area contributed by atoms with Gasteiger partial charge in [-0.1, -0.05) is 110 Å². The topological polar surface area (TPSA) is 116 Å². The van der Waals surface area contributed by atoms with Crippen molar-refractivity contribution < 1.29 is 29.0 Å².